The van der Waals surface area contributed by atoms with E-state index in [9.17, 15) is 0 Å². The van der Waals surface area contributed by atoms with Gasteiger partial charge in [-0.25, -0.2) is 0 Å². The van der Waals surface area contributed by atoms with Gasteiger partial charge < -0.3 is 0 Å². The van der Waals surface area contributed by atoms with Gasteiger partial charge in [-0.05, 0) is 23.9 Å². The van der Waals surface area contributed by atoms with E-state index in [0.717, 1.165) is 12.8 Å². The number of rotatable bonds is 2. The van der Waals surface area contributed by atoms with Gasteiger partial charge in [-0.1, -0.05) is 22.4 Å². The van der Waals surface area contributed by atoms with Crippen molar-refractivity contribution in [3.63, 3.8) is 0 Å². The average molecular weight is 164 g/mol. The molecular formula is C6H8N6. The Morgan fingerprint density at radius 1 is 1.00 bits per heavy atom. The highest BCUT2D eigenvalue weighted by molar-refractivity contribution is 5.05. The zero-order valence-electron chi connectivity index (χ0n) is 6.41. The van der Waals surface area contributed by atoms with Crippen LogP contribution in [-0.2, 0) is 0 Å². The van der Waals surface area contributed by atoms with Gasteiger partial charge in [0.1, 0.15) is 0 Å². The molecule has 12 heavy (non-hydrogen) atoms. The Bertz CT molecular complexity index is 242. The van der Waals surface area contributed by atoms with E-state index >= 15 is 0 Å². The molecule has 0 aromatic rings. The molecule has 6 nitrogen and oxygen atoms in total. The molecule has 2 unspecified atom stereocenters. The molecule has 62 valence electrons. The first kappa shape index (κ1) is 8.46. The summed E-state index contributed by atoms with van der Waals surface area (Å²) in [7, 11) is 0. The topological polar surface area (TPSA) is 97.5 Å². The lowest BCUT2D eigenvalue weighted by Crippen LogP contribution is -2.12. The first-order chi connectivity index (χ1) is 5.86. The molecule has 0 aromatic carbocycles. The SMILES string of the molecule is [N-]=[N+]=NC1C=CC(N=[N+]=[N-])CC1. The van der Waals surface area contributed by atoms with Crippen LogP contribution < -0.4 is 0 Å². The van der Waals surface area contributed by atoms with E-state index in [1.807, 2.05) is 0 Å². The minimum Gasteiger partial charge on any atom is -0.0866 e. The summed E-state index contributed by atoms with van der Waals surface area (Å²) in [4.78, 5) is 5.40. The summed E-state index contributed by atoms with van der Waals surface area (Å²) in [5.41, 5.74) is 16.3. The minimum absolute atomic E-state index is 0.0693. The molecule has 0 radical (unpaired) electrons. The number of nitrogens with zero attached hydrogens (tertiary/aromatic N) is 6. The zero-order chi connectivity index (χ0) is 8.81. The van der Waals surface area contributed by atoms with E-state index < -0.39 is 0 Å². The lowest BCUT2D eigenvalue weighted by molar-refractivity contribution is 0.586. The summed E-state index contributed by atoms with van der Waals surface area (Å²) < 4.78 is 0. The Balaban J connectivity index is 2.58. The lowest BCUT2D eigenvalue weighted by Gasteiger charge is -2.14. The van der Waals surface area contributed by atoms with Crippen molar-refractivity contribution in [1.82, 2.24) is 0 Å². The van der Waals surface area contributed by atoms with Gasteiger partial charge in [0.2, 0.25) is 0 Å². The van der Waals surface area contributed by atoms with Crippen molar-refractivity contribution in [2.45, 2.75) is 24.9 Å². The lowest BCUT2D eigenvalue weighted by atomic mass is 10.0. The molecule has 1 rings (SSSR count). The molecule has 6 heteroatoms. The molecule has 0 N–H and O–H groups in total. The van der Waals surface area contributed by atoms with E-state index in [2.05, 4.69) is 20.1 Å². The van der Waals surface area contributed by atoms with Gasteiger partial charge in [0, 0.05) is 9.82 Å². The maximum Gasteiger partial charge on any atom is 0.0555 e. The van der Waals surface area contributed by atoms with Crippen molar-refractivity contribution in [2.24, 2.45) is 10.2 Å². The maximum absolute atomic E-state index is 8.13. The highest BCUT2D eigenvalue weighted by atomic mass is 15.2. The van der Waals surface area contributed by atoms with E-state index in [4.69, 9.17) is 11.1 Å². The third-order valence-corrected chi connectivity index (χ3v) is 1.71. The molecule has 0 bridgehead atoms. The molecule has 0 fully saturated rings. The van der Waals surface area contributed by atoms with Crippen LogP contribution >= 0.6 is 0 Å². The van der Waals surface area contributed by atoms with Crippen LogP contribution in [0.2, 0.25) is 0 Å². The average Bonchev–Trinajstić information content (AvgIpc) is 2.09. The highest BCUT2D eigenvalue weighted by Gasteiger charge is 2.12. The highest BCUT2D eigenvalue weighted by Crippen LogP contribution is 2.16. The van der Waals surface area contributed by atoms with Crippen molar-refractivity contribution < 1.29 is 0 Å². The first-order valence-corrected chi connectivity index (χ1v) is 3.63. The molecule has 1 aliphatic rings. The molecule has 0 saturated carbocycles. The van der Waals surface area contributed by atoms with Crippen LogP contribution in [0.3, 0.4) is 0 Å². The number of hydrogen-bond acceptors (Lipinski definition) is 2. The van der Waals surface area contributed by atoms with E-state index in [-0.39, 0.29) is 12.1 Å². The molecule has 2 atom stereocenters. The van der Waals surface area contributed by atoms with Gasteiger partial charge >= 0.3 is 0 Å². The van der Waals surface area contributed by atoms with Crippen molar-refractivity contribution in [1.29, 1.82) is 0 Å². The van der Waals surface area contributed by atoms with Crippen molar-refractivity contribution in [3.05, 3.63) is 33.0 Å². The Morgan fingerprint density at radius 2 is 1.42 bits per heavy atom. The first-order valence-electron chi connectivity index (χ1n) is 3.63. The minimum atomic E-state index is -0.0693. The van der Waals surface area contributed by atoms with Gasteiger partial charge in [0.05, 0.1) is 12.1 Å². The van der Waals surface area contributed by atoms with Crippen LogP contribution in [0.15, 0.2) is 22.4 Å². The Kier molecular flexibility index (Phi) is 3.02. The van der Waals surface area contributed by atoms with Gasteiger partial charge in [0.15, 0.2) is 0 Å². The summed E-state index contributed by atoms with van der Waals surface area (Å²) >= 11 is 0. The molecule has 1 aliphatic carbocycles. The smallest absolute Gasteiger partial charge is 0.0555 e. The molecule has 0 amide bonds. The Hall–Kier alpha value is -1.64. The monoisotopic (exact) mass is 164 g/mol. The van der Waals surface area contributed by atoms with E-state index in [1.54, 1.807) is 12.2 Å². The predicted octanol–water partition coefficient (Wildman–Crippen LogP) is 2.69. The normalized spacial score (nSPS) is 27.0. The summed E-state index contributed by atoms with van der Waals surface area (Å²) in [6.45, 7) is 0. The Morgan fingerprint density at radius 3 is 1.67 bits per heavy atom. The van der Waals surface area contributed by atoms with Crippen molar-refractivity contribution in [2.75, 3.05) is 0 Å². The van der Waals surface area contributed by atoms with Gasteiger partial charge in [-0.2, -0.15) is 0 Å². The zero-order valence-corrected chi connectivity index (χ0v) is 6.41. The molecule has 0 spiro atoms. The number of azide groups is 2. The Labute approximate surface area is 69.1 Å². The second kappa shape index (κ2) is 4.28. The molecule has 0 aromatic heterocycles. The van der Waals surface area contributed by atoms with Gasteiger partial charge in [0.25, 0.3) is 0 Å². The summed E-state index contributed by atoms with van der Waals surface area (Å²) in [5.74, 6) is 0. The molecule has 0 heterocycles. The third kappa shape index (κ3) is 2.20. The second-order valence-corrected chi connectivity index (χ2v) is 2.51. The van der Waals surface area contributed by atoms with Crippen LogP contribution in [0.4, 0.5) is 0 Å². The summed E-state index contributed by atoms with van der Waals surface area (Å²) in [6.07, 6.45) is 5.07. The van der Waals surface area contributed by atoms with Crippen LogP contribution in [0, 0.1) is 0 Å². The van der Waals surface area contributed by atoms with Crippen LogP contribution in [-0.4, -0.2) is 12.1 Å². The fourth-order valence-corrected chi connectivity index (χ4v) is 1.12. The van der Waals surface area contributed by atoms with E-state index in [1.165, 1.54) is 0 Å². The molecule has 0 aliphatic heterocycles. The molecular weight excluding hydrogens is 156 g/mol. The van der Waals surface area contributed by atoms with Crippen LogP contribution in [0.25, 0.3) is 20.9 Å². The largest absolute Gasteiger partial charge is 0.0866 e. The fourth-order valence-electron chi connectivity index (χ4n) is 1.12. The van der Waals surface area contributed by atoms with Crippen LogP contribution in [0.5, 0.6) is 0 Å². The third-order valence-electron chi connectivity index (χ3n) is 1.71. The maximum atomic E-state index is 8.13. The standard InChI is InChI=1S/C6H8N6/c7-11-9-5-1-2-6(4-3-5)10-12-8/h1-2,5-6H,3-4H2. The van der Waals surface area contributed by atoms with E-state index in [0.29, 0.717) is 0 Å². The predicted molar refractivity (Wildman–Crippen MR) is 44.2 cm³/mol. The quantitative estimate of drug-likeness (QED) is 0.259. The molecule has 0 saturated heterocycles. The fraction of sp³-hybridized carbons (Fsp3) is 0.667. The summed E-state index contributed by atoms with van der Waals surface area (Å²) in [6, 6.07) is -0.139. The number of hydrogen-bond donors (Lipinski definition) is 0. The van der Waals surface area contributed by atoms with Crippen molar-refractivity contribution in [3.8, 4) is 0 Å². The van der Waals surface area contributed by atoms with Crippen LogP contribution in [0.1, 0.15) is 12.8 Å². The summed E-state index contributed by atoms with van der Waals surface area (Å²) in [5, 5.41) is 7.07. The van der Waals surface area contributed by atoms with Gasteiger partial charge in [-0.15, -0.1) is 0 Å². The van der Waals surface area contributed by atoms with Gasteiger partial charge in [-0.3, -0.25) is 0 Å². The van der Waals surface area contributed by atoms with Crippen molar-refractivity contribution >= 4 is 0 Å². The second-order valence-electron chi connectivity index (χ2n) is 2.51.